The number of fused-ring (bicyclic) bond motifs is 2. The van der Waals surface area contributed by atoms with Gasteiger partial charge >= 0.3 is 0 Å². The van der Waals surface area contributed by atoms with E-state index in [4.69, 9.17) is 0 Å². The zero-order valence-corrected chi connectivity index (χ0v) is 12.3. The number of H-pyrrole nitrogens is 1. The Morgan fingerprint density at radius 2 is 2.10 bits per heavy atom. The Labute approximate surface area is 118 Å². The highest BCUT2D eigenvalue weighted by molar-refractivity contribution is 5.92. The highest BCUT2D eigenvalue weighted by atomic mass is 16.2. The molecule has 1 aromatic rings. The van der Waals surface area contributed by atoms with E-state index < -0.39 is 0 Å². The third-order valence-corrected chi connectivity index (χ3v) is 4.57. The molecular weight excluding hydrogens is 254 g/mol. The quantitative estimate of drug-likeness (QED) is 0.850. The van der Waals surface area contributed by atoms with Crippen molar-refractivity contribution in [1.82, 2.24) is 15.1 Å². The molecule has 108 valence electrons. The fourth-order valence-corrected chi connectivity index (χ4v) is 4.31. The van der Waals surface area contributed by atoms with Gasteiger partial charge in [0.15, 0.2) is 0 Å². The lowest BCUT2D eigenvalue weighted by molar-refractivity contribution is 0.0701. The molecule has 5 nitrogen and oxygen atoms in total. The van der Waals surface area contributed by atoms with E-state index in [1.54, 1.807) is 0 Å². The van der Waals surface area contributed by atoms with Crippen LogP contribution in [0.25, 0.3) is 0 Å². The lowest BCUT2D eigenvalue weighted by atomic mass is 9.65. The number of carbonyl (C=O) groups is 1. The molecule has 3 rings (SSSR count). The van der Waals surface area contributed by atoms with Crippen LogP contribution in [0.1, 0.15) is 50.5 Å². The van der Waals surface area contributed by atoms with Crippen LogP contribution in [0.15, 0.2) is 16.9 Å². The van der Waals surface area contributed by atoms with Gasteiger partial charge in [-0.1, -0.05) is 20.8 Å². The molecule has 2 unspecified atom stereocenters. The van der Waals surface area contributed by atoms with Crippen molar-refractivity contribution in [2.75, 3.05) is 6.54 Å². The number of rotatable bonds is 1. The molecule has 1 saturated carbocycles. The average Bonchev–Trinajstić information content (AvgIpc) is 2.58. The maximum Gasteiger partial charge on any atom is 0.274 e. The Kier molecular flexibility index (Phi) is 2.78. The van der Waals surface area contributed by atoms with Crippen LogP contribution in [-0.2, 0) is 0 Å². The van der Waals surface area contributed by atoms with Crippen molar-refractivity contribution >= 4 is 5.91 Å². The monoisotopic (exact) mass is 275 g/mol. The highest BCUT2D eigenvalue weighted by Crippen LogP contribution is 2.52. The topological polar surface area (TPSA) is 66.1 Å². The van der Waals surface area contributed by atoms with Gasteiger partial charge in [0.25, 0.3) is 11.5 Å². The molecule has 2 heterocycles. The average molecular weight is 275 g/mol. The van der Waals surface area contributed by atoms with E-state index in [2.05, 4.69) is 31.0 Å². The molecule has 0 aromatic carbocycles. The second-order valence-electron chi connectivity index (χ2n) is 7.45. The Morgan fingerprint density at radius 1 is 1.35 bits per heavy atom. The Hall–Kier alpha value is -1.65. The largest absolute Gasteiger partial charge is 0.334 e. The summed E-state index contributed by atoms with van der Waals surface area (Å²) < 4.78 is 0. The number of amides is 1. The molecule has 2 fully saturated rings. The van der Waals surface area contributed by atoms with Crippen LogP contribution in [0, 0.1) is 10.8 Å². The first-order chi connectivity index (χ1) is 9.28. The Bertz CT molecular complexity index is 587. The maximum absolute atomic E-state index is 12.6. The summed E-state index contributed by atoms with van der Waals surface area (Å²) in [6.07, 6.45) is 3.27. The number of hydrogen-bond donors (Lipinski definition) is 1. The van der Waals surface area contributed by atoms with Crippen molar-refractivity contribution in [3.8, 4) is 0 Å². The van der Waals surface area contributed by atoms with Gasteiger partial charge in [0.2, 0.25) is 0 Å². The first kappa shape index (κ1) is 13.3. The van der Waals surface area contributed by atoms with Crippen molar-refractivity contribution in [3.05, 3.63) is 28.2 Å². The van der Waals surface area contributed by atoms with Crippen LogP contribution < -0.4 is 5.56 Å². The van der Waals surface area contributed by atoms with Crippen LogP contribution in [0.5, 0.6) is 0 Å². The molecule has 5 heteroatoms. The molecular formula is C15H21N3O2. The van der Waals surface area contributed by atoms with Crippen LogP contribution in [-0.4, -0.2) is 33.6 Å². The number of likely N-dealkylation sites (tertiary alicyclic amines) is 1. The molecule has 1 N–H and O–H groups in total. The molecule has 2 bridgehead atoms. The molecule has 0 radical (unpaired) electrons. The Balaban J connectivity index is 1.87. The van der Waals surface area contributed by atoms with Crippen LogP contribution >= 0.6 is 0 Å². The van der Waals surface area contributed by atoms with Crippen LogP contribution in [0.3, 0.4) is 0 Å². The Morgan fingerprint density at radius 3 is 2.75 bits per heavy atom. The number of aromatic amines is 1. The smallest absolute Gasteiger partial charge is 0.274 e. The van der Waals surface area contributed by atoms with E-state index in [0.717, 1.165) is 25.8 Å². The molecule has 1 amide bonds. The molecule has 1 aliphatic carbocycles. The summed E-state index contributed by atoms with van der Waals surface area (Å²) in [4.78, 5) is 25.6. The van der Waals surface area contributed by atoms with Gasteiger partial charge < -0.3 is 4.90 Å². The molecule has 1 aromatic heterocycles. The predicted octanol–water partition coefficient (Wildman–Crippen LogP) is 1.81. The van der Waals surface area contributed by atoms with Gasteiger partial charge in [0.05, 0.1) is 0 Å². The summed E-state index contributed by atoms with van der Waals surface area (Å²) in [6, 6.07) is 3.16. The number of hydrogen-bond acceptors (Lipinski definition) is 3. The lowest BCUT2D eigenvalue weighted by Gasteiger charge is -2.39. The molecule has 1 aliphatic heterocycles. The zero-order valence-electron chi connectivity index (χ0n) is 12.3. The molecule has 20 heavy (non-hydrogen) atoms. The number of nitrogens with zero attached hydrogens (tertiary/aromatic N) is 2. The summed E-state index contributed by atoms with van der Waals surface area (Å²) in [5.74, 6) is -0.0623. The normalized spacial score (nSPS) is 31.4. The fourth-order valence-electron chi connectivity index (χ4n) is 4.31. The standard InChI is InChI=1S/C15H21N3O2/c1-14(2)6-10-7-15(3,8-14)9-18(10)13(20)11-4-5-12(19)17-16-11/h4-5,10H,6-9H2,1-3H3,(H,17,19). The third-order valence-electron chi connectivity index (χ3n) is 4.57. The van der Waals surface area contributed by atoms with E-state index >= 15 is 0 Å². The maximum atomic E-state index is 12.6. The summed E-state index contributed by atoms with van der Waals surface area (Å²) >= 11 is 0. The number of aromatic nitrogens is 2. The minimum Gasteiger partial charge on any atom is -0.334 e. The minimum absolute atomic E-state index is 0.0623. The van der Waals surface area contributed by atoms with Crippen molar-refractivity contribution in [2.24, 2.45) is 10.8 Å². The second kappa shape index (κ2) is 4.17. The lowest BCUT2D eigenvalue weighted by Crippen LogP contribution is -2.38. The summed E-state index contributed by atoms with van der Waals surface area (Å²) in [6.45, 7) is 7.63. The van der Waals surface area contributed by atoms with E-state index in [1.165, 1.54) is 12.1 Å². The zero-order chi connectivity index (χ0) is 14.5. The van der Waals surface area contributed by atoms with Crippen molar-refractivity contribution in [3.63, 3.8) is 0 Å². The van der Waals surface area contributed by atoms with Gasteiger partial charge in [-0.25, -0.2) is 5.10 Å². The minimum atomic E-state index is -0.283. The summed E-state index contributed by atoms with van der Waals surface area (Å²) in [7, 11) is 0. The summed E-state index contributed by atoms with van der Waals surface area (Å²) in [5, 5.41) is 6.20. The van der Waals surface area contributed by atoms with E-state index in [0.29, 0.717) is 11.7 Å². The highest BCUT2D eigenvalue weighted by Gasteiger charge is 2.51. The van der Waals surface area contributed by atoms with E-state index in [9.17, 15) is 9.59 Å². The van der Waals surface area contributed by atoms with Gasteiger partial charge in [-0.15, -0.1) is 0 Å². The van der Waals surface area contributed by atoms with Crippen LogP contribution in [0.4, 0.5) is 0 Å². The van der Waals surface area contributed by atoms with Gasteiger partial charge in [-0.3, -0.25) is 9.59 Å². The fraction of sp³-hybridized carbons (Fsp3) is 0.667. The van der Waals surface area contributed by atoms with E-state index in [-0.39, 0.29) is 22.3 Å². The first-order valence-electron chi connectivity index (χ1n) is 7.15. The molecule has 2 aliphatic rings. The first-order valence-corrected chi connectivity index (χ1v) is 7.15. The molecule has 2 atom stereocenters. The van der Waals surface area contributed by atoms with Crippen molar-refractivity contribution < 1.29 is 4.79 Å². The van der Waals surface area contributed by atoms with Gasteiger partial charge in [-0.2, -0.15) is 5.10 Å². The van der Waals surface area contributed by atoms with Crippen molar-refractivity contribution in [2.45, 2.75) is 46.1 Å². The molecule has 1 saturated heterocycles. The SMILES string of the molecule is CC1(C)CC2CC(C)(CN2C(=O)c2ccc(=O)[nH]n2)C1. The predicted molar refractivity (Wildman–Crippen MR) is 75.4 cm³/mol. The van der Waals surface area contributed by atoms with Crippen molar-refractivity contribution in [1.29, 1.82) is 0 Å². The van der Waals surface area contributed by atoms with Crippen LogP contribution in [0.2, 0.25) is 0 Å². The van der Waals surface area contributed by atoms with Gasteiger partial charge in [0.1, 0.15) is 5.69 Å². The number of carbonyl (C=O) groups excluding carboxylic acids is 1. The third kappa shape index (κ3) is 2.25. The van der Waals surface area contributed by atoms with Gasteiger partial charge in [-0.05, 0) is 36.2 Å². The van der Waals surface area contributed by atoms with E-state index in [1.807, 2.05) is 4.90 Å². The molecule has 0 spiro atoms. The van der Waals surface area contributed by atoms with Gasteiger partial charge in [0, 0.05) is 18.7 Å². The number of nitrogens with one attached hydrogen (secondary N) is 1. The second-order valence-corrected chi connectivity index (χ2v) is 7.45. The summed E-state index contributed by atoms with van der Waals surface area (Å²) in [5.41, 5.74) is 0.545.